The summed E-state index contributed by atoms with van der Waals surface area (Å²) in [7, 11) is 0. The topological polar surface area (TPSA) is 49.4 Å². The molecule has 1 spiro atoms. The van der Waals surface area contributed by atoms with Crippen LogP contribution in [-0.4, -0.2) is 34.3 Å². The first-order valence-corrected chi connectivity index (χ1v) is 8.06. The number of nitrogens with one attached hydrogen (secondary N) is 1. The molecule has 1 aliphatic heterocycles. The number of amides is 2. The van der Waals surface area contributed by atoms with Gasteiger partial charge < -0.3 is 10.2 Å². The molecule has 4 nitrogen and oxygen atoms in total. The lowest BCUT2D eigenvalue weighted by molar-refractivity contribution is -0.157. The van der Waals surface area contributed by atoms with Gasteiger partial charge in [0, 0.05) is 6.04 Å². The van der Waals surface area contributed by atoms with Gasteiger partial charge in [-0.25, -0.2) is 0 Å². The van der Waals surface area contributed by atoms with Gasteiger partial charge in [0.2, 0.25) is 11.8 Å². The second kappa shape index (κ2) is 5.74. The second-order valence-electron chi connectivity index (χ2n) is 6.77. The molecule has 3 atom stereocenters. The highest BCUT2D eigenvalue weighted by Gasteiger charge is 2.51. The Morgan fingerprint density at radius 2 is 1.90 bits per heavy atom. The minimum atomic E-state index is -0.590. The maximum absolute atomic E-state index is 12.9. The summed E-state index contributed by atoms with van der Waals surface area (Å²) in [5, 5.41) is 3.01. The normalized spacial score (nSPS) is 28.6. The van der Waals surface area contributed by atoms with Gasteiger partial charge in [0.25, 0.3) is 0 Å². The molecule has 1 heterocycles. The van der Waals surface area contributed by atoms with Crippen LogP contribution in [0, 0.1) is 5.92 Å². The molecular formula is C16H28N2O2. The number of carbonyl (C=O) groups excluding carboxylic acids is 2. The highest BCUT2D eigenvalue weighted by molar-refractivity contribution is 6.00. The SMILES string of the molecule is CCC(C)CC(C)N1C(=O)C2(CCCC2)NC(=O)C1C. The van der Waals surface area contributed by atoms with Gasteiger partial charge in [-0.15, -0.1) is 0 Å². The average molecular weight is 280 g/mol. The van der Waals surface area contributed by atoms with Gasteiger partial charge in [0.05, 0.1) is 0 Å². The van der Waals surface area contributed by atoms with E-state index in [9.17, 15) is 9.59 Å². The molecule has 2 aliphatic rings. The molecule has 0 radical (unpaired) electrons. The number of piperazine rings is 1. The molecule has 1 aliphatic carbocycles. The highest BCUT2D eigenvalue weighted by Crippen LogP contribution is 2.36. The second-order valence-corrected chi connectivity index (χ2v) is 6.77. The van der Waals surface area contributed by atoms with E-state index < -0.39 is 5.54 Å². The summed E-state index contributed by atoms with van der Waals surface area (Å²) in [6, 6.07) is -0.205. The van der Waals surface area contributed by atoms with Crippen LogP contribution in [0.15, 0.2) is 0 Å². The fourth-order valence-corrected chi connectivity index (χ4v) is 3.70. The Morgan fingerprint density at radius 1 is 1.30 bits per heavy atom. The van der Waals surface area contributed by atoms with Gasteiger partial charge in [0.15, 0.2) is 0 Å². The first kappa shape index (κ1) is 15.3. The van der Waals surface area contributed by atoms with Gasteiger partial charge in [-0.2, -0.15) is 0 Å². The number of rotatable bonds is 4. The number of hydrogen-bond acceptors (Lipinski definition) is 2. The Labute approximate surface area is 122 Å². The molecule has 2 fully saturated rings. The lowest BCUT2D eigenvalue weighted by Gasteiger charge is -2.46. The average Bonchev–Trinajstić information content (AvgIpc) is 2.86. The van der Waals surface area contributed by atoms with Crippen molar-refractivity contribution < 1.29 is 9.59 Å². The minimum absolute atomic E-state index is 0.0162. The Hall–Kier alpha value is -1.06. The first-order valence-electron chi connectivity index (χ1n) is 8.06. The van der Waals surface area contributed by atoms with Gasteiger partial charge in [-0.1, -0.05) is 33.1 Å². The van der Waals surface area contributed by atoms with E-state index in [1.807, 2.05) is 11.8 Å². The van der Waals surface area contributed by atoms with Gasteiger partial charge in [-0.3, -0.25) is 9.59 Å². The van der Waals surface area contributed by atoms with Crippen molar-refractivity contribution >= 4 is 11.8 Å². The van der Waals surface area contributed by atoms with Crippen LogP contribution >= 0.6 is 0 Å². The lowest BCUT2D eigenvalue weighted by atomic mass is 9.88. The van der Waals surface area contributed by atoms with Crippen molar-refractivity contribution in [3.63, 3.8) is 0 Å². The van der Waals surface area contributed by atoms with E-state index in [0.29, 0.717) is 5.92 Å². The molecule has 0 bridgehead atoms. The van der Waals surface area contributed by atoms with Crippen molar-refractivity contribution in [2.75, 3.05) is 0 Å². The maximum atomic E-state index is 12.9. The predicted molar refractivity (Wildman–Crippen MR) is 79.2 cm³/mol. The van der Waals surface area contributed by atoms with Crippen LogP contribution in [0.1, 0.15) is 66.2 Å². The van der Waals surface area contributed by atoms with Crippen molar-refractivity contribution in [1.29, 1.82) is 0 Å². The number of carbonyl (C=O) groups is 2. The lowest BCUT2D eigenvalue weighted by Crippen LogP contribution is -2.70. The Bertz CT molecular complexity index is 388. The van der Waals surface area contributed by atoms with Crippen LogP contribution in [0.5, 0.6) is 0 Å². The smallest absolute Gasteiger partial charge is 0.249 e. The minimum Gasteiger partial charge on any atom is -0.340 e. The molecule has 3 unspecified atom stereocenters. The Morgan fingerprint density at radius 3 is 2.45 bits per heavy atom. The highest BCUT2D eigenvalue weighted by atomic mass is 16.2. The molecule has 2 rings (SSSR count). The van der Waals surface area contributed by atoms with Crippen LogP contribution in [0.2, 0.25) is 0 Å². The molecule has 1 saturated heterocycles. The quantitative estimate of drug-likeness (QED) is 0.860. The van der Waals surface area contributed by atoms with Crippen LogP contribution in [-0.2, 0) is 9.59 Å². The summed E-state index contributed by atoms with van der Waals surface area (Å²) in [5.74, 6) is 0.745. The van der Waals surface area contributed by atoms with Crippen molar-refractivity contribution in [1.82, 2.24) is 10.2 Å². The summed E-state index contributed by atoms with van der Waals surface area (Å²) in [6.07, 6.45) is 5.75. The van der Waals surface area contributed by atoms with E-state index >= 15 is 0 Å². The van der Waals surface area contributed by atoms with E-state index in [4.69, 9.17) is 0 Å². The fourth-order valence-electron chi connectivity index (χ4n) is 3.70. The van der Waals surface area contributed by atoms with Crippen molar-refractivity contribution in [2.45, 2.75) is 83.8 Å². The van der Waals surface area contributed by atoms with Gasteiger partial charge in [-0.05, 0) is 39.0 Å². The fraction of sp³-hybridized carbons (Fsp3) is 0.875. The zero-order chi connectivity index (χ0) is 14.9. The molecule has 2 amide bonds. The molecule has 0 aromatic carbocycles. The van der Waals surface area contributed by atoms with Crippen LogP contribution in [0.3, 0.4) is 0 Å². The van der Waals surface area contributed by atoms with Crippen LogP contribution < -0.4 is 5.32 Å². The zero-order valence-electron chi connectivity index (χ0n) is 13.2. The first-order chi connectivity index (χ1) is 9.41. The molecule has 4 heteroatoms. The largest absolute Gasteiger partial charge is 0.340 e. The predicted octanol–water partition coefficient (Wildman–Crippen LogP) is 2.47. The molecule has 114 valence electrons. The van der Waals surface area contributed by atoms with Crippen molar-refractivity contribution in [2.24, 2.45) is 5.92 Å². The summed E-state index contributed by atoms with van der Waals surface area (Å²) < 4.78 is 0. The summed E-state index contributed by atoms with van der Waals surface area (Å²) >= 11 is 0. The van der Waals surface area contributed by atoms with E-state index in [1.54, 1.807) is 0 Å². The zero-order valence-corrected chi connectivity index (χ0v) is 13.2. The molecular weight excluding hydrogens is 252 g/mol. The number of nitrogens with zero attached hydrogens (tertiary/aromatic N) is 1. The summed E-state index contributed by atoms with van der Waals surface area (Å²) in [5.41, 5.74) is -0.590. The maximum Gasteiger partial charge on any atom is 0.249 e. The van der Waals surface area contributed by atoms with E-state index in [-0.39, 0.29) is 23.9 Å². The monoisotopic (exact) mass is 280 g/mol. The van der Waals surface area contributed by atoms with Crippen LogP contribution in [0.4, 0.5) is 0 Å². The summed E-state index contributed by atoms with van der Waals surface area (Å²) in [4.78, 5) is 27.1. The number of hydrogen-bond donors (Lipinski definition) is 1. The molecule has 1 saturated carbocycles. The van der Waals surface area contributed by atoms with Gasteiger partial charge >= 0.3 is 0 Å². The Kier molecular flexibility index (Phi) is 4.40. The molecule has 0 aromatic rings. The van der Waals surface area contributed by atoms with E-state index in [2.05, 4.69) is 26.1 Å². The van der Waals surface area contributed by atoms with Crippen molar-refractivity contribution in [3.05, 3.63) is 0 Å². The molecule has 20 heavy (non-hydrogen) atoms. The Balaban J connectivity index is 2.20. The van der Waals surface area contributed by atoms with Crippen LogP contribution in [0.25, 0.3) is 0 Å². The molecule has 0 aromatic heterocycles. The van der Waals surface area contributed by atoms with Gasteiger partial charge in [0.1, 0.15) is 11.6 Å². The third-order valence-corrected chi connectivity index (χ3v) is 5.18. The standard InChI is InChI=1S/C16H28N2O2/c1-5-11(2)10-12(3)18-13(4)14(19)17-16(15(18)20)8-6-7-9-16/h11-13H,5-10H2,1-4H3,(H,17,19). The van der Waals surface area contributed by atoms with E-state index in [0.717, 1.165) is 38.5 Å². The third kappa shape index (κ3) is 2.57. The van der Waals surface area contributed by atoms with E-state index in [1.165, 1.54) is 0 Å². The molecule has 1 N–H and O–H groups in total. The summed E-state index contributed by atoms with van der Waals surface area (Å²) in [6.45, 7) is 8.31. The van der Waals surface area contributed by atoms with Crippen molar-refractivity contribution in [3.8, 4) is 0 Å². The third-order valence-electron chi connectivity index (χ3n) is 5.18.